The summed E-state index contributed by atoms with van der Waals surface area (Å²) in [6, 6.07) is 15.1. The second kappa shape index (κ2) is 6.21. The van der Waals surface area contributed by atoms with E-state index in [1.165, 1.54) is 39.0 Å². The van der Waals surface area contributed by atoms with Crippen LogP contribution < -0.4 is 5.73 Å². The lowest BCUT2D eigenvalue weighted by Crippen LogP contribution is -2.12. The van der Waals surface area contributed by atoms with Crippen molar-refractivity contribution < 1.29 is 0 Å². The summed E-state index contributed by atoms with van der Waals surface area (Å²) in [6.45, 7) is 2.21. The van der Waals surface area contributed by atoms with Crippen LogP contribution in [0.15, 0.2) is 71.8 Å². The lowest BCUT2D eigenvalue weighted by molar-refractivity contribution is 0.921. The van der Waals surface area contributed by atoms with Crippen molar-refractivity contribution in [1.29, 1.82) is 5.41 Å². The smallest absolute Gasteiger partial charge is 0.0543 e. The number of hydrogen-bond acceptors (Lipinski definition) is 2. The molecule has 2 heteroatoms. The van der Waals surface area contributed by atoms with E-state index in [1.807, 2.05) is 18.2 Å². The molecule has 0 aliphatic heterocycles. The first-order valence-electron chi connectivity index (χ1n) is 8.85. The fraction of sp³-hybridized carbons (Fsp3) is 0.174. The highest BCUT2D eigenvalue weighted by Crippen LogP contribution is 2.41. The van der Waals surface area contributed by atoms with Crippen LogP contribution >= 0.6 is 0 Å². The Hall–Kier alpha value is -2.87. The van der Waals surface area contributed by atoms with Gasteiger partial charge in [0.1, 0.15) is 0 Å². The largest absolute Gasteiger partial charge is 0.399 e. The van der Waals surface area contributed by atoms with E-state index in [9.17, 15) is 0 Å². The van der Waals surface area contributed by atoms with Crippen LogP contribution in [0.1, 0.15) is 35.6 Å². The van der Waals surface area contributed by atoms with Crippen molar-refractivity contribution in [3.8, 4) is 0 Å². The third-order valence-electron chi connectivity index (χ3n) is 4.94. The van der Waals surface area contributed by atoms with Crippen molar-refractivity contribution in [3.63, 3.8) is 0 Å². The summed E-state index contributed by atoms with van der Waals surface area (Å²) in [7, 11) is 0. The first-order valence-corrected chi connectivity index (χ1v) is 8.85. The Morgan fingerprint density at radius 2 is 1.84 bits per heavy atom. The number of rotatable bonds is 3. The van der Waals surface area contributed by atoms with E-state index in [0.29, 0.717) is 5.71 Å². The molecule has 0 spiro atoms. The maximum absolute atomic E-state index is 7.97. The maximum atomic E-state index is 7.97. The molecule has 3 N–H and O–H groups in total. The molecule has 0 unspecified atom stereocenters. The minimum absolute atomic E-state index is 0.559. The fourth-order valence-electron chi connectivity index (χ4n) is 3.78. The van der Waals surface area contributed by atoms with E-state index in [0.717, 1.165) is 24.9 Å². The maximum Gasteiger partial charge on any atom is 0.0543 e. The number of fused-ring (bicyclic) bond motifs is 2. The number of aryl methyl sites for hydroxylation is 1. The van der Waals surface area contributed by atoms with Crippen LogP contribution in [0.5, 0.6) is 0 Å². The number of hydrogen-bond donors (Lipinski definition) is 2. The average Bonchev–Trinajstić information content (AvgIpc) is 2.60. The molecule has 0 radical (unpaired) electrons. The molecule has 2 aliphatic rings. The highest BCUT2D eigenvalue weighted by atomic mass is 14.5. The molecule has 0 bridgehead atoms. The van der Waals surface area contributed by atoms with Crippen molar-refractivity contribution in [3.05, 3.63) is 94.1 Å². The molecule has 2 aliphatic carbocycles. The highest BCUT2D eigenvalue weighted by molar-refractivity contribution is 6.07. The summed E-state index contributed by atoms with van der Waals surface area (Å²) in [5.74, 6) is 0. The highest BCUT2D eigenvalue weighted by Gasteiger charge is 2.24. The molecule has 2 nitrogen and oxygen atoms in total. The van der Waals surface area contributed by atoms with E-state index in [2.05, 4.69) is 49.4 Å². The van der Waals surface area contributed by atoms with Crippen LogP contribution in [-0.2, 0) is 12.8 Å². The minimum Gasteiger partial charge on any atom is -0.399 e. The second-order valence-electron chi connectivity index (χ2n) is 6.79. The number of allylic oxidation sites excluding steroid dienone is 5. The Bertz CT molecular complexity index is 941. The van der Waals surface area contributed by atoms with Gasteiger partial charge in [0, 0.05) is 5.69 Å². The second-order valence-corrected chi connectivity index (χ2v) is 6.79. The van der Waals surface area contributed by atoms with Gasteiger partial charge < -0.3 is 11.1 Å². The van der Waals surface area contributed by atoms with Crippen LogP contribution in [0, 0.1) is 5.41 Å². The summed E-state index contributed by atoms with van der Waals surface area (Å²) < 4.78 is 0. The molecular weight excluding hydrogens is 304 g/mol. The van der Waals surface area contributed by atoms with Gasteiger partial charge in [0.15, 0.2) is 0 Å². The Morgan fingerprint density at radius 3 is 2.60 bits per heavy atom. The first-order chi connectivity index (χ1) is 12.2. The van der Waals surface area contributed by atoms with Gasteiger partial charge >= 0.3 is 0 Å². The van der Waals surface area contributed by atoms with Gasteiger partial charge in [0.25, 0.3) is 0 Å². The van der Waals surface area contributed by atoms with Gasteiger partial charge in [-0.05, 0) is 76.1 Å². The Morgan fingerprint density at radius 1 is 1.04 bits per heavy atom. The molecule has 0 aromatic heterocycles. The van der Waals surface area contributed by atoms with Gasteiger partial charge in [-0.25, -0.2) is 0 Å². The van der Waals surface area contributed by atoms with Gasteiger partial charge in [-0.1, -0.05) is 49.8 Å². The summed E-state index contributed by atoms with van der Waals surface area (Å²) in [6.07, 6.45) is 9.06. The molecule has 2 aromatic carbocycles. The Labute approximate surface area is 148 Å². The third kappa shape index (κ3) is 2.85. The van der Waals surface area contributed by atoms with Crippen LogP contribution in [0.4, 0.5) is 5.69 Å². The summed E-state index contributed by atoms with van der Waals surface area (Å²) in [4.78, 5) is 0. The molecule has 0 fully saturated rings. The average molecular weight is 326 g/mol. The predicted octanol–water partition coefficient (Wildman–Crippen LogP) is 5.10. The van der Waals surface area contributed by atoms with Gasteiger partial charge in [-0.15, -0.1) is 0 Å². The number of nitrogens with one attached hydrogen (secondary N) is 1. The van der Waals surface area contributed by atoms with E-state index < -0.39 is 0 Å². The number of nitrogens with two attached hydrogens (primary N) is 1. The lowest BCUT2D eigenvalue weighted by Gasteiger charge is -2.27. The van der Waals surface area contributed by atoms with Crippen LogP contribution in [-0.4, -0.2) is 5.71 Å². The van der Waals surface area contributed by atoms with Gasteiger partial charge in [0.2, 0.25) is 0 Å². The molecular formula is C23H22N2. The molecule has 4 rings (SSSR count). The molecule has 0 atom stereocenters. The summed E-state index contributed by atoms with van der Waals surface area (Å²) in [5, 5.41) is 7.97. The van der Waals surface area contributed by atoms with Crippen molar-refractivity contribution in [1.82, 2.24) is 0 Å². The van der Waals surface area contributed by atoms with E-state index in [-0.39, 0.29) is 0 Å². The monoisotopic (exact) mass is 326 g/mol. The molecule has 25 heavy (non-hydrogen) atoms. The first kappa shape index (κ1) is 15.6. The third-order valence-corrected chi connectivity index (χ3v) is 4.94. The number of benzene rings is 2. The quantitative estimate of drug-likeness (QED) is 0.758. The van der Waals surface area contributed by atoms with Crippen LogP contribution in [0.3, 0.4) is 0 Å². The zero-order valence-electron chi connectivity index (χ0n) is 14.5. The predicted molar refractivity (Wildman–Crippen MR) is 106 cm³/mol. The van der Waals surface area contributed by atoms with Crippen LogP contribution in [0.25, 0.3) is 5.57 Å². The van der Waals surface area contributed by atoms with Crippen molar-refractivity contribution in [2.45, 2.75) is 26.2 Å². The minimum atomic E-state index is 0.559. The number of anilines is 1. The van der Waals surface area contributed by atoms with E-state index >= 15 is 0 Å². The van der Waals surface area contributed by atoms with E-state index in [4.69, 9.17) is 11.1 Å². The normalized spacial score (nSPS) is 15.7. The van der Waals surface area contributed by atoms with E-state index in [1.54, 1.807) is 0 Å². The lowest BCUT2D eigenvalue weighted by atomic mass is 9.77. The Kier molecular flexibility index (Phi) is 3.89. The zero-order valence-corrected chi connectivity index (χ0v) is 14.5. The standard InChI is InChI=1S/C23H22N2/c1-2-3-15-4-6-16(7-5-15)23-21-10-8-19(24)13-17(21)12-18-14-20(25)9-11-22(18)23/h4-11,13-14,24H,2-3,12,25H2,1H3. The fourth-order valence-corrected chi connectivity index (χ4v) is 3.78. The van der Waals surface area contributed by atoms with Gasteiger partial charge in [-0.3, -0.25) is 0 Å². The Balaban J connectivity index is 1.91. The molecule has 0 amide bonds. The zero-order chi connectivity index (χ0) is 17.4. The molecule has 2 aromatic rings. The van der Waals surface area contributed by atoms with Crippen molar-refractivity contribution in [2.24, 2.45) is 0 Å². The molecule has 124 valence electrons. The molecule has 0 saturated heterocycles. The topological polar surface area (TPSA) is 49.9 Å². The van der Waals surface area contributed by atoms with Crippen LogP contribution in [0.2, 0.25) is 0 Å². The molecule has 0 heterocycles. The summed E-state index contributed by atoms with van der Waals surface area (Å²) in [5.41, 5.74) is 16.2. The van der Waals surface area contributed by atoms with Crippen molar-refractivity contribution in [2.75, 3.05) is 5.73 Å². The number of nitrogen functional groups attached to an aromatic ring is 1. The van der Waals surface area contributed by atoms with Gasteiger partial charge in [-0.2, -0.15) is 0 Å². The molecule has 0 saturated carbocycles. The summed E-state index contributed by atoms with van der Waals surface area (Å²) >= 11 is 0. The van der Waals surface area contributed by atoms with Gasteiger partial charge in [0.05, 0.1) is 5.71 Å². The van der Waals surface area contributed by atoms with Crippen molar-refractivity contribution >= 4 is 17.0 Å². The SMILES string of the molecule is CCCc1ccc(C2=C3C=CC(=N)C=C3Cc3cc(N)ccc32)cc1.